The molecule has 10 heteroatoms. The number of hydrogen-bond donors (Lipinski definition) is 2. The van der Waals surface area contributed by atoms with Gasteiger partial charge in [0.2, 0.25) is 15.9 Å². The highest BCUT2D eigenvalue weighted by atomic mass is 32.2. The normalized spacial score (nSPS) is 15.2. The number of aromatic nitrogens is 1. The first kappa shape index (κ1) is 24.4. The Kier molecular flexibility index (Phi) is 7.42. The van der Waals surface area contributed by atoms with Gasteiger partial charge in [-0.15, -0.1) is 0 Å². The molecule has 1 aromatic heterocycles. The maximum absolute atomic E-state index is 12.9. The fourth-order valence-corrected chi connectivity index (χ4v) is 5.09. The number of hydrogen-bond acceptors (Lipinski definition) is 6. The molecule has 35 heavy (non-hydrogen) atoms. The molecule has 182 valence electrons. The van der Waals surface area contributed by atoms with E-state index >= 15 is 0 Å². The fraction of sp³-hybridized carbons (Fsp3) is 0.240. The Morgan fingerprint density at radius 1 is 1.14 bits per heavy atom. The Hall–Kier alpha value is -3.76. The monoisotopic (exact) mass is 494 g/mol. The number of benzene rings is 2. The highest BCUT2D eigenvalue weighted by Gasteiger charge is 2.29. The largest absolute Gasteiger partial charge is 0.487 e. The maximum atomic E-state index is 12.9. The van der Waals surface area contributed by atoms with Gasteiger partial charge in [0.25, 0.3) is 5.91 Å². The minimum atomic E-state index is -3.90. The van der Waals surface area contributed by atoms with Crippen LogP contribution in [0.25, 0.3) is 0 Å². The zero-order valence-electron chi connectivity index (χ0n) is 19.2. The standard InChI is InChI=1S/C25H26N4O5S/c1-18(19-6-4-9-22(14-19)34-17-21-8-2-3-11-26-21)28-25(31)20-7-5-10-23(15-20)35(32,33)29-13-12-27-24(30)16-29/h2-11,14-15,18H,12-13,16-17H2,1H3,(H,27,30)(H,28,31). The summed E-state index contributed by atoms with van der Waals surface area (Å²) in [5.41, 5.74) is 1.85. The first-order chi connectivity index (χ1) is 16.8. The van der Waals surface area contributed by atoms with Gasteiger partial charge in [-0.25, -0.2) is 8.42 Å². The van der Waals surface area contributed by atoms with Gasteiger partial charge in [0.15, 0.2) is 0 Å². The van der Waals surface area contributed by atoms with Crippen LogP contribution in [-0.4, -0.2) is 49.2 Å². The minimum absolute atomic E-state index is 0.0302. The average Bonchev–Trinajstić information content (AvgIpc) is 2.88. The molecule has 1 atom stereocenters. The van der Waals surface area contributed by atoms with E-state index in [4.69, 9.17) is 4.74 Å². The third kappa shape index (κ3) is 6.03. The molecule has 0 bridgehead atoms. The van der Waals surface area contributed by atoms with Gasteiger partial charge in [0, 0.05) is 24.8 Å². The van der Waals surface area contributed by atoms with Gasteiger partial charge < -0.3 is 15.4 Å². The van der Waals surface area contributed by atoms with Crippen molar-refractivity contribution in [1.82, 2.24) is 19.9 Å². The molecule has 0 saturated carbocycles. The Balaban J connectivity index is 1.43. The van der Waals surface area contributed by atoms with E-state index in [1.54, 1.807) is 12.3 Å². The van der Waals surface area contributed by atoms with Gasteiger partial charge in [-0.3, -0.25) is 14.6 Å². The summed E-state index contributed by atoms with van der Waals surface area (Å²) in [6, 6.07) is 18.5. The van der Waals surface area contributed by atoms with Gasteiger partial charge in [0.1, 0.15) is 12.4 Å². The van der Waals surface area contributed by atoms with Crippen molar-refractivity contribution in [3.05, 3.63) is 89.7 Å². The van der Waals surface area contributed by atoms with Crippen LogP contribution in [0.15, 0.2) is 77.8 Å². The summed E-state index contributed by atoms with van der Waals surface area (Å²) in [5.74, 6) is -0.118. The van der Waals surface area contributed by atoms with Crippen molar-refractivity contribution in [2.24, 2.45) is 0 Å². The first-order valence-corrected chi connectivity index (χ1v) is 12.6. The number of amides is 2. The Morgan fingerprint density at radius 3 is 2.74 bits per heavy atom. The van der Waals surface area contributed by atoms with Gasteiger partial charge in [0.05, 0.1) is 23.2 Å². The van der Waals surface area contributed by atoms with E-state index in [0.29, 0.717) is 12.4 Å². The number of carbonyl (C=O) groups is 2. The Labute approximate surface area is 204 Å². The Bertz CT molecular complexity index is 1310. The van der Waals surface area contributed by atoms with Crippen LogP contribution in [0.1, 0.15) is 34.6 Å². The van der Waals surface area contributed by atoms with Crippen LogP contribution < -0.4 is 15.4 Å². The third-order valence-corrected chi connectivity index (χ3v) is 7.40. The van der Waals surface area contributed by atoms with E-state index < -0.39 is 15.9 Å². The summed E-state index contributed by atoms with van der Waals surface area (Å²) in [6.07, 6.45) is 1.70. The van der Waals surface area contributed by atoms with Crippen molar-refractivity contribution >= 4 is 21.8 Å². The van der Waals surface area contributed by atoms with Crippen LogP contribution in [-0.2, 0) is 21.4 Å². The van der Waals surface area contributed by atoms with Crippen LogP contribution >= 0.6 is 0 Å². The van der Waals surface area contributed by atoms with Gasteiger partial charge in [-0.2, -0.15) is 4.31 Å². The summed E-state index contributed by atoms with van der Waals surface area (Å²) < 4.78 is 32.8. The van der Waals surface area contributed by atoms with Crippen LogP contribution in [0, 0.1) is 0 Å². The SMILES string of the molecule is CC(NC(=O)c1cccc(S(=O)(=O)N2CCNC(=O)C2)c1)c1cccc(OCc2ccccn2)c1. The number of rotatable bonds is 8. The lowest BCUT2D eigenvalue weighted by Crippen LogP contribution is -2.49. The highest BCUT2D eigenvalue weighted by molar-refractivity contribution is 7.89. The molecule has 2 aromatic carbocycles. The fourth-order valence-electron chi connectivity index (χ4n) is 3.64. The van der Waals surface area contributed by atoms with Gasteiger partial charge in [-0.05, 0) is 55.0 Å². The smallest absolute Gasteiger partial charge is 0.251 e. The minimum Gasteiger partial charge on any atom is -0.487 e. The number of carbonyl (C=O) groups excluding carboxylic acids is 2. The zero-order valence-corrected chi connectivity index (χ0v) is 20.0. The van der Waals surface area contributed by atoms with Crippen LogP contribution in [0.2, 0.25) is 0 Å². The topological polar surface area (TPSA) is 118 Å². The summed E-state index contributed by atoms with van der Waals surface area (Å²) in [4.78, 5) is 28.7. The van der Waals surface area contributed by atoms with Crippen LogP contribution in [0.4, 0.5) is 0 Å². The molecule has 1 aliphatic heterocycles. The van der Waals surface area contributed by atoms with Crippen molar-refractivity contribution in [2.45, 2.75) is 24.5 Å². The van der Waals surface area contributed by atoms with E-state index in [2.05, 4.69) is 15.6 Å². The molecule has 4 rings (SSSR count). The molecule has 1 saturated heterocycles. The number of nitrogens with zero attached hydrogens (tertiary/aromatic N) is 2. The Morgan fingerprint density at radius 2 is 1.97 bits per heavy atom. The molecule has 9 nitrogen and oxygen atoms in total. The number of pyridine rings is 1. The maximum Gasteiger partial charge on any atom is 0.251 e. The summed E-state index contributed by atoms with van der Waals surface area (Å²) in [7, 11) is -3.90. The molecule has 0 spiro atoms. The molecule has 1 aliphatic rings. The highest BCUT2D eigenvalue weighted by Crippen LogP contribution is 2.22. The van der Waals surface area contributed by atoms with Crippen molar-refractivity contribution in [3.63, 3.8) is 0 Å². The molecule has 2 N–H and O–H groups in total. The second-order valence-corrected chi connectivity index (χ2v) is 10.0. The number of sulfonamides is 1. The van der Waals surface area contributed by atoms with Crippen molar-refractivity contribution in [1.29, 1.82) is 0 Å². The van der Waals surface area contributed by atoms with Crippen LogP contribution in [0.3, 0.4) is 0 Å². The van der Waals surface area contributed by atoms with E-state index in [1.165, 1.54) is 18.2 Å². The second kappa shape index (κ2) is 10.7. The summed E-state index contributed by atoms with van der Waals surface area (Å²) in [6.45, 7) is 2.35. The van der Waals surface area contributed by atoms with Crippen LogP contribution in [0.5, 0.6) is 5.75 Å². The lowest BCUT2D eigenvalue weighted by atomic mass is 10.1. The zero-order chi connectivity index (χ0) is 24.8. The summed E-state index contributed by atoms with van der Waals surface area (Å²) in [5, 5.41) is 5.50. The second-order valence-electron chi connectivity index (χ2n) is 8.09. The number of nitrogens with one attached hydrogen (secondary N) is 2. The molecule has 2 heterocycles. The third-order valence-electron chi connectivity index (χ3n) is 5.56. The van der Waals surface area contributed by atoms with Gasteiger partial charge >= 0.3 is 0 Å². The molecule has 1 fully saturated rings. The summed E-state index contributed by atoms with van der Waals surface area (Å²) >= 11 is 0. The van der Waals surface area contributed by atoms with Crippen molar-refractivity contribution in [2.75, 3.05) is 19.6 Å². The molecule has 2 amide bonds. The molecular formula is C25H26N4O5S. The predicted octanol–water partition coefficient (Wildman–Crippen LogP) is 2.27. The van der Waals surface area contributed by atoms with E-state index in [1.807, 2.05) is 49.4 Å². The van der Waals surface area contributed by atoms with Gasteiger partial charge in [-0.1, -0.05) is 24.3 Å². The van der Waals surface area contributed by atoms with E-state index in [9.17, 15) is 18.0 Å². The van der Waals surface area contributed by atoms with Crippen molar-refractivity contribution in [3.8, 4) is 5.75 Å². The average molecular weight is 495 g/mol. The van der Waals surface area contributed by atoms with Crippen molar-refractivity contribution < 1.29 is 22.7 Å². The molecule has 3 aromatic rings. The molecule has 0 aliphatic carbocycles. The molecule has 0 radical (unpaired) electrons. The van der Waals surface area contributed by atoms with E-state index in [0.717, 1.165) is 15.6 Å². The lowest BCUT2D eigenvalue weighted by molar-refractivity contribution is -0.122. The number of piperazine rings is 1. The number of ether oxygens (including phenoxy) is 1. The quantitative estimate of drug-likeness (QED) is 0.496. The first-order valence-electron chi connectivity index (χ1n) is 11.1. The van der Waals surface area contributed by atoms with E-state index in [-0.39, 0.29) is 42.0 Å². The molecule has 1 unspecified atom stereocenters. The molecular weight excluding hydrogens is 468 g/mol. The predicted molar refractivity (Wildman–Crippen MR) is 129 cm³/mol. The lowest BCUT2D eigenvalue weighted by Gasteiger charge is -2.26.